The summed E-state index contributed by atoms with van der Waals surface area (Å²) in [5.41, 5.74) is 1.71. The van der Waals surface area contributed by atoms with E-state index in [1.165, 1.54) is 24.3 Å². The van der Waals surface area contributed by atoms with Crippen molar-refractivity contribution in [3.8, 4) is 5.75 Å². The first kappa shape index (κ1) is 31.1. The third kappa shape index (κ3) is 8.27. The molecule has 0 spiro atoms. The number of carboxylic acids is 2. The molecule has 0 saturated carbocycles. The van der Waals surface area contributed by atoms with Gasteiger partial charge in [-0.15, -0.1) is 0 Å². The van der Waals surface area contributed by atoms with Crippen molar-refractivity contribution in [3.05, 3.63) is 78.4 Å². The predicted octanol–water partition coefficient (Wildman–Crippen LogP) is 4.54. The molecular weight excluding hydrogens is 567 g/mol. The van der Waals surface area contributed by atoms with Gasteiger partial charge in [-0.3, -0.25) is 4.72 Å². The molecule has 3 aromatic rings. The molecule has 1 heterocycles. The number of aliphatic carboxylic acids is 1. The number of nitrogens with zero attached hydrogens (tertiary/aromatic N) is 2. The van der Waals surface area contributed by atoms with Crippen LogP contribution < -0.4 is 19.3 Å². The molecule has 3 aromatic carbocycles. The number of rotatable bonds is 8. The Balaban J connectivity index is 0.000000587. The molecule has 1 saturated heterocycles. The van der Waals surface area contributed by atoms with E-state index in [2.05, 4.69) is 14.5 Å². The maximum absolute atomic E-state index is 12.7. The summed E-state index contributed by atoms with van der Waals surface area (Å²) in [6, 6.07) is 20.6. The van der Waals surface area contributed by atoms with Gasteiger partial charge < -0.3 is 24.7 Å². The number of hydrogen-bond acceptors (Lipinski definition) is 7. The van der Waals surface area contributed by atoms with Crippen LogP contribution in [0, 0.1) is 0 Å². The van der Waals surface area contributed by atoms with E-state index in [0.29, 0.717) is 19.7 Å². The Morgan fingerprint density at radius 1 is 0.902 bits per heavy atom. The first-order chi connectivity index (χ1) is 19.3. The molecule has 0 unspecified atom stereocenters. The lowest BCUT2D eigenvalue weighted by molar-refractivity contribution is -0.192. The molecule has 1 fully saturated rings. The molecule has 41 heavy (non-hydrogen) atoms. The Bertz CT molecular complexity index is 1460. The number of aromatic carboxylic acids is 1. The summed E-state index contributed by atoms with van der Waals surface area (Å²) >= 11 is 0. The van der Waals surface area contributed by atoms with Gasteiger partial charge in [-0.1, -0.05) is 30.3 Å². The van der Waals surface area contributed by atoms with Crippen LogP contribution in [0.4, 0.5) is 30.2 Å². The predicted molar refractivity (Wildman–Crippen MR) is 146 cm³/mol. The summed E-state index contributed by atoms with van der Waals surface area (Å²) in [5, 5.41) is 16.9. The minimum absolute atomic E-state index is 0.0318. The second-order valence-corrected chi connectivity index (χ2v) is 10.3. The van der Waals surface area contributed by atoms with Crippen molar-refractivity contribution in [1.82, 2.24) is 0 Å². The maximum atomic E-state index is 12.7. The Morgan fingerprint density at radius 2 is 1.46 bits per heavy atom. The fraction of sp³-hybridized carbons (Fsp3) is 0.259. The molecule has 0 amide bonds. The Labute approximate surface area is 234 Å². The minimum Gasteiger partial charge on any atom is -0.492 e. The number of halogens is 3. The van der Waals surface area contributed by atoms with Crippen LogP contribution in [0.25, 0.3) is 0 Å². The first-order valence-electron chi connectivity index (χ1n) is 12.3. The van der Waals surface area contributed by atoms with Gasteiger partial charge in [0.2, 0.25) is 0 Å². The lowest BCUT2D eigenvalue weighted by atomic mass is 10.1. The number of benzene rings is 3. The van der Waals surface area contributed by atoms with Crippen LogP contribution in [0.2, 0.25) is 0 Å². The zero-order valence-electron chi connectivity index (χ0n) is 21.8. The van der Waals surface area contributed by atoms with E-state index in [1.807, 2.05) is 31.2 Å². The molecule has 0 radical (unpaired) electrons. The monoisotopic (exact) mass is 595 g/mol. The van der Waals surface area contributed by atoms with Gasteiger partial charge in [-0.25, -0.2) is 18.0 Å². The first-order valence-corrected chi connectivity index (χ1v) is 13.8. The average molecular weight is 596 g/mol. The highest BCUT2D eigenvalue weighted by Gasteiger charge is 2.38. The highest BCUT2D eigenvalue weighted by Crippen LogP contribution is 2.31. The molecule has 10 nitrogen and oxygen atoms in total. The van der Waals surface area contributed by atoms with Gasteiger partial charge in [-0.2, -0.15) is 13.2 Å². The van der Waals surface area contributed by atoms with Crippen LogP contribution in [0.5, 0.6) is 5.75 Å². The summed E-state index contributed by atoms with van der Waals surface area (Å²) in [4.78, 5) is 25.3. The van der Waals surface area contributed by atoms with Gasteiger partial charge in [0.1, 0.15) is 5.75 Å². The third-order valence-electron chi connectivity index (χ3n) is 5.92. The molecule has 4 rings (SSSR count). The number of piperazine rings is 1. The molecule has 0 atom stereocenters. The zero-order chi connectivity index (χ0) is 30.2. The van der Waals surface area contributed by atoms with Crippen molar-refractivity contribution in [1.29, 1.82) is 0 Å². The second kappa shape index (κ2) is 13.3. The van der Waals surface area contributed by atoms with Crippen LogP contribution >= 0.6 is 0 Å². The average Bonchev–Trinajstić information content (AvgIpc) is 2.94. The summed E-state index contributed by atoms with van der Waals surface area (Å²) in [6.45, 7) is 5.42. The van der Waals surface area contributed by atoms with Gasteiger partial charge in [0, 0.05) is 31.9 Å². The van der Waals surface area contributed by atoms with Crippen molar-refractivity contribution in [2.75, 3.05) is 47.3 Å². The Hall–Kier alpha value is -4.46. The summed E-state index contributed by atoms with van der Waals surface area (Å²) < 4.78 is 65.3. The maximum Gasteiger partial charge on any atom is 0.490 e. The number of ether oxygens (including phenoxy) is 1. The standard InChI is InChI=1S/C25H27N3O5S.C2HF3O2/c1-2-33-24-11-7-6-10-23(24)28-16-14-27(15-17-28)19-12-13-22(21(18-19)25(29)30)26-34(31,32)20-8-4-3-5-9-20;3-2(4,5)1(6)7/h3-13,18,26H,2,14-17H2,1H3,(H,29,30);(H,6,7). The van der Waals surface area contributed by atoms with E-state index >= 15 is 0 Å². The topological polar surface area (TPSA) is 136 Å². The minimum atomic E-state index is -5.08. The number of sulfonamides is 1. The zero-order valence-corrected chi connectivity index (χ0v) is 22.7. The van der Waals surface area contributed by atoms with Crippen LogP contribution in [0.1, 0.15) is 17.3 Å². The molecule has 3 N–H and O–H groups in total. The number of para-hydroxylation sites is 2. The van der Waals surface area contributed by atoms with Crippen molar-refractivity contribution in [2.45, 2.75) is 18.0 Å². The molecule has 220 valence electrons. The van der Waals surface area contributed by atoms with E-state index < -0.39 is 28.1 Å². The van der Waals surface area contributed by atoms with Crippen LogP contribution in [0.3, 0.4) is 0 Å². The SMILES string of the molecule is CCOc1ccccc1N1CCN(c2ccc(NS(=O)(=O)c3ccccc3)c(C(=O)O)c2)CC1.O=C(O)C(F)(F)F. The van der Waals surface area contributed by atoms with Crippen molar-refractivity contribution < 1.29 is 46.1 Å². The molecule has 0 aliphatic carbocycles. The van der Waals surface area contributed by atoms with Gasteiger partial charge in [0.15, 0.2) is 0 Å². The molecule has 1 aliphatic rings. The highest BCUT2D eigenvalue weighted by atomic mass is 32.2. The van der Waals surface area contributed by atoms with E-state index in [4.69, 9.17) is 14.6 Å². The van der Waals surface area contributed by atoms with Crippen molar-refractivity contribution in [2.24, 2.45) is 0 Å². The lowest BCUT2D eigenvalue weighted by Gasteiger charge is -2.38. The number of anilines is 3. The summed E-state index contributed by atoms with van der Waals surface area (Å²) in [6.07, 6.45) is -5.08. The Kier molecular flexibility index (Phi) is 10.1. The number of alkyl halides is 3. The van der Waals surface area contributed by atoms with E-state index in [9.17, 15) is 31.5 Å². The molecule has 1 aliphatic heterocycles. The van der Waals surface area contributed by atoms with Crippen LogP contribution in [-0.4, -0.2) is 69.5 Å². The number of nitrogens with one attached hydrogen (secondary N) is 1. The summed E-state index contributed by atoms with van der Waals surface area (Å²) in [7, 11) is -3.90. The highest BCUT2D eigenvalue weighted by molar-refractivity contribution is 7.92. The fourth-order valence-electron chi connectivity index (χ4n) is 4.00. The van der Waals surface area contributed by atoms with Crippen LogP contribution in [0.15, 0.2) is 77.7 Å². The lowest BCUT2D eigenvalue weighted by Crippen LogP contribution is -2.46. The van der Waals surface area contributed by atoms with Gasteiger partial charge in [-0.05, 0) is 49.4 Å². The van der Waals surface area contributed by atoms with Gasteiger partial charge >= 0.3 is 18.1 Å². The molecular formula is C27H28F3N3O7S. The van der Waals surface area contributed by atoms with Gasteiger partial charge in [0.25, 0.3) is 10.0 Å². The second-order valence-electron chi connectivity index (χ2n) is 8.63. The normalized spacial score (nSPS) is 13.6. The molecule has 0 bridgehead atoms. The van der Waals surface area contributed by atoms with E-state index in [0.717, 1.165) is 30.2 Å². The van der Waals surface area contributed by atoms with Crippen LogP contribution in [-0.2, 0) is 14.8 Å². The molecule has 0 aromatic heterocycles. The number of carboxylic acid groups (broad SMARTS) is 2. The number of carbonyl (C=O) groups is 2. The number of hydrogen-bond donors (Lipinski definition) is 3. The third-order valence-corrected chi connectivity index (χ3v) is 7.31. The van der Waals surface area contributed by atoms with Crippen molar-refractivity contribution >= 4 is 39.0 Å². The van der Waals surface area contributed by atoms with E-state index in [1.54, 1.807) is 24.3 Å². The van der Waals surface area contributed by atoms with Crippen molar-refractivity contribution in [3.63, 3.8) is 0 Å². The molecule has 14 heteroatoms. The smallest absolute Gasteiger partial charge is 0.490 e. The van der Waals surface area contributed by atoms with E-state index in [-0.39, 0.29) is 16.1 Å². The quantitative estimate of drug-likeness (QED) is 0.343. The summed E-state index contributed by atoms with van der Waals surface area (Å²) in [5.74, 6) is -3.11. The fourth-order valence-corrected chi connectivity index (χ4v) is 5.10. The largest absolute Gasteiger partial charge is 0.492 e. The Morgan fingerprint density at radius 3 is 2.02 bits per heavy atom. The van der Waals surface area contributed by atoms with Gasteiger partial charge in [0.05, 0.1) is 28.4 Å².